The summed E-state index contributed by atoms with van der Waals surface area (Å²) in [5, 5.41) is 2.30. The molecule has 0 saturated heterocycles. The van der Waals surface area contributed by atoms with Crippen LogP contribution in [0.2, 0.25) is 0 Å². The quantitative estimate of drug-likeness (QED) is 0.265. The van der Waals surface area contributed by atoms with Gasteiger partial charge in [0.2, 0.25) is 0 Å². The van der Waals surface area contributed by atoms with E-state index in [2.05, 4.69) is 126 Å². The Labute approximate surface area is 169 Å². The molecule has 0 spiro atoms. The van der Waals surface area contributed by atoms with Crippen molar-refractivity contribution in [3.63, 3.8) is 0 Å². The molecule has 24 heavy (non-hydrogen) atoms. The topological polar surface area (TPSA) is 3.24 Å². The first-order valence-electron chi connectivity index (χ1n) is 8.22. The van der Waals surface area contributed by atoms with Crippen LogP contribution in [0.15, 0.2) is 24.3 Å². The number of anilines is 1. The van der Waals surface area contributed by atoms with Gasteiger partial charge in [0, 0.05) is 27.7 Å². The van der Waals surface area contributed by atoms with Crippen LogP contribution < -0.4 is 10.2 Å². The SMILES string of the molecule is CCC.CN(C)c1ccc([PH+](C(C)(C)C)C(C)(C)C)cc1.[CH3-].[Cl][Pd+]. The van der Waals surface area contributed by atoms with E-state index >= 15 is 0 Å². The molecule has 0 atom stereocenters. The molecule has 146 valence electrons. The van der Waals surface area contributed by atoms with Crippen LogP contribution in [0.25, 0.3) is 0 Å². The molecule has 0 radical (unpaired) electrons. The molecule has 1 aromatic carbocycles. The van der Waals surface area contributed by atoms with Crippen molar-refractivity contribution in [2.75, 3.05) is 19.0 Å². The van der Waals surface area contributed by atoms with Gasteiger partial charge < -0.3 is 12.3 Å². The van der Waals surface area contributed by atoms with Crippen LogP contribution in [0.3, 0.4) is 0 Å². The number of hydrogen-bond donors (Lipinski definition) is 0. The van der Waals surface area contributed by atoms with E-state index in [1.807, 2.05) is 0 Å². The Morgan fingerprint density at radius 2 is 1.17 bits per heavy atom. The van der Waals surface area contributed by atoms with Crippen molar-refractivity contribution < 1.29 is 18.2 Å². The Kier molecular flexibility index (Phi) is 16.5. The first-order valence-corrected chi connectivity index (χ1v) is 11.7. The molecule has 0 fully saturated rings. The van der Waals surface area contributed by atoms with Gasteiger partial charge in [0.05, 0.1) is 15.6 Å². The van der Waals surface area contributed by atoms with Gasteiger partial charge in [0.1, 0.15) is 0 Å². The minimum absolute atomic E-state index is 0. The molecule has 1 aromatic rings. The molecule has 0 aromatic heterocycles. The van der Waals surface area contributed by atoms with Crippen LogP contribution in [0.5, 0.6) is 0 Å². The van der Waals surface area contributed by atoms with Gasteiger partial charge in [0.25, 0.3) is 0 Å². The summed E-state index contributed by atoms with van der Waals surface area (Å²) >= 11 is 2.22. The Bertz CT molecular complexity index is 391. The number of nitrogens with zero attached hydrogens (tertiary/aromatic N) is 1. The van der Waals surface area contributed by atoms with E-state index in [0.29, 0.717) is 10.3 Å². The molecule has 0 unspecified atom stereocenters. The van der Waals surface area contributed by atoms with Crippen molar-refractivity contribution in [1.29, 1.82) is 0 Å². The predicted molar refractivity (Wildman–Crippen MR) is 116 cm³/mol. The summed E-state index contributed by atoms with van der Waals surface area (Å²) in [5.41, 5.74) is 1.28. The first-order chi connectivity index (χ1) is 10.4. The number of benzene rings is 1. The molecule has 0 heterocycles. The van der Waals surface area contributed by atoms with Gasteiger partial charge >= 0.3 is 27.7 Å². The molecule has 1 rings (SSSR count). The van der Waals surface area contributed by atoms with Crippen molar-refractivity contribution in [3.05, 3.63) is 31.7 Å². The molecular formula is C20H40ClNPPd+. The molecule has 0 aliphatic heterocycles. The van der Waals surface area contributed by atoms with Gasteiger partial charge in [-0.15, -0.1) is 0 Å². The van der Waals surface area contributed by atoms with Gasteiger partial charge in [-0.3, -0.25) is 0 Å². The fourth-order valence-electron chi connectivity index (χ4n) is 2.92. The van der Waals surface area contributed by atoms with Crippen molar-refractivity contribution >= 4 is 28.4 Å². The van der Waals surface area contributed by atoms with E-state index in [1.165, 1.54) is 12.1 Å². The van der Waals surface area contributed by atoms with Gasteiger partial charge in [0.15, 0.2) is 0 Å². The van der Waals surface area contributed by atoms with Gasteiger partial charge in [-0.25, -0.2) is 0 Å². The normalized spacial score (nSPS) is 10.8. The van der Waals surface area contributed by atoms with Gasteiger partial charge in [-0.05, 0) is 65.8 Å². The van der Waals surface area contributed by atoms with E-state index in [0.717, 1.165) is 0 Å². The van der Waals surface area contributed by atoms with E-state index in [4.69, 9.17) is 0 Å². The Morgan fingerprint density at radius 1 is 0.875 bits per heavy atom. The summed E-state index contributed by atoms with van der Waals surface area (Å²) in [6.07, 6.45) is 1.25. The molecule has 4 heteroatoms. The second kappa shape index (κ2) is 13.6. The summed E-state index contributed by atoms with van der Waals surface area (Å²) < 4.78 is 0. The van der Waals surface area contributed by atoms with Crippen molar-refractivity contribution in [2.45, 2.75) is 72.1 Å². The van der Waals surface area contributed by atoms with Crippen LogP contribution in [-0.2, 0) is 18.2 Å². The zero-order valence-corrected chi connectivity index (χ0v) is 21.0. The van der Waals surface area contributed by atoms with Crippen molar-refractivity contribution in [3.8, 4) is 0 Å². The third-order valence-electron chi connectivity index (χ3n) is 3.17. The molecule has 0 saturated carbocycles. The van der Waals surface area contributed by atoms with Crippen molar-refractivity contribution in [1.82, 2.24) is 0 Å². The molecule has 0 aliphatic carbocycles. The minimum atomic E-state index is -0.614. The fraction of sp³-hybridized carbons (Fsp3) is 0.650. The Balaban J connectivity index is -0.000000660. The average Bonchev–Trinajstić information content (AvgIpc) is 2.39. The molecular weight excluding hydrogens is 427 g/mol. The summed E-state index contributed by atoms with van der Waals surface area (Å²) in [7, 11) is 8.06. The molecule has 1 nitrogen and oxygen atoms in total. The standard InChI is InChI=1S/C16H28NP.C3H8.CH3.ClH.Pd/c1-15(2,3)18(16(4,5)6)14-11-9-13(10-12-14)17(7)8;1-3-2;;;/h9-12H,1-8H3;3H2,1-2H3;1H3;1H;/q;;-1;;+2. The van der Waals surface area contributed by atoms with Crippen LogP contribution in [0.1, 0.15) is 61.8 Å². The number of halogens is 1. The average molecular weight is 467 g/mol. The third-order valence-corrected chi connectivity index (χ3v) is 7.08. The number of hydrogen-bond acceptors (Lipinski definition) is 1. The van der Waals surface area contributed by atoms with Crippen molar-refractivity contribution in [2.24, 2.45) is 0 Å². The molecule has 0 N–H and O–H groups in total. The summed E-state index contributed by atoms with van der Waals surface area (Å²) in [6, 6.07) is 9.16. The van der Waals surface area contributed by atoms with Crippen LogP contribution in [0, 0.1) is 7.43 Å². The Hall–Kier alpha value is 0.402. The van der Waals surface area contributed by atoms with Crippen LogP contribution in [-0.4, -0.2) is 24.4 Å². The van der Waals surface area contributed by atoms with E-state index in [-0.39, 0.29) is 7.43 Å². The molecule has 0 aliphatic rings. The molecule has 0 bridgehead atoms. The zero-order chi connectivity index (χ0) is 18.8. The summed E-state index contributed by atoms with van der Waals surface area (Å²) in [5.74, 6) is 0. The molecule has 0 amide bonds. The third kappa shape index (κ3) is 11.1. The van der Waals surface area contributed by atoms with Gasteiger partial charge in [-0.2, -0.15) is 0 Å². The van der Waals surface area contributed by atoms with Crippen LogP contribution >= 0.6 is 17.5 Å². The van der Waals surface area contributed by atoms with E-state index in [9.17, 15) is 0 Å². The predicted octanol–water partition coefficient (Wildman–Crippen LogP) is 6.74. The second-order valence-electron chi connectivity index (χ2n) is 8.02. The number of rotatable bonds is 2. The maximum atomic E-state index is 4.49. The summed E-state index contributed by atoms with van der Waals surface area (Å²) in [6.45, 7) is 18.5. The van der Waals surface area contributed by atoms with E-state index in [1.54, 1.807) is 5.30 Å². The second-order valence-corrected chi connectivity index (χ2v) is 12.4. The summed E-state index contributed by atoms with van der Waals surface area (Å²) in [4.78, 5) is 2.16. The zero-order valence-electron chi connectivity index (χ0n) is 17.7. The Morgan fingerprint density at radius 3 is 1.38 bits per heavy atom. The van der Waals surface area contributed by atoms with Gasteiger partial charge in [-0.1, -0.05) is 20.3 Å². The van der Waals surface area contributed by atoms with E-state index < -0.39 is 7.92 Å². The first kappa shape index (κ1) is 29.2. The van der Waals surface area contributed by atoms with Crippen LogP contribution in [0.4, 0.5) is 5.69 Å². The maximum absolute atomic E-state index is 4.49. The fourth-order valence-corrected chi connectivity index (χ4v) is 7.40. The monoisotopic (exact) mass is 466 g/mol.